The van der Waals surface area contributed by atoms with Crippen molar-refractivity contribution in [3.8, 4) is 0 Å². The van der Waals surface area contributed by atoms with Crippen molar-refractivity contribution in [2.75, 3.05) is 0 Å². The summed E-state index contributed by atoms with van der Waals surface area (Å²) in [6.45, 7) is 6.07. The Morgan fingerprint density at radius 2 is 1.90 bits per heavy atom. The first-order chi connectivity index (χ1) is 9.53. The standard InChI is InChI=1S/C17H24N2O/c1-4-11(2)16-18-9-15(10-19-16)14-7-17(8-14)5-13(6-17)12(3)20/h9-11,13-14H,4-8H2,1-3H3. The number of carbonyl (C=O) groups is 1. The number of rotatable bonds is 4. The number of carbonyl (C=O) groups excluding carboxylic acids is 1. The minimum atomic E-state index is 0.347. The second-order valence-corrected chi connectivity index (χ2v) is 7.00. The van der Waals surface area contributed by atoms with E-state index in [9.17, 15) is 4.79 Å². The maximum atomic E-state index is 11.3. The van der Waals surface area contributed by atoms with Crippen LogP contribution in [-0.4, -0.2) is 15.8 Å². The number of Topliss-reactive ketones (excluding diaryl/α,β-unsaturated/α-hetero) is 1. The van der Waals surface area contributed by atoms with Gasteiger partial charge in [-0.05, 0) is 55.9 Å². The molecular weight excluding hydrogens is 248 g/mol. The van der Waals surface area contributed by atoms with Crippen LogP contribution in [0.1, 0.15) is 76.1 Å². The van der Waals surface area contributed by atoms with Crippen LogP contribution in [0.5, 0.6) is 0 Å². The molecule has 3 heteroatoms. The summed E-state index contributed by atoms with van der Waals surface area (Å²) in [5.74, 6) is 2.75. The molecule has 1 unspecified atom stereocenters. The fraction of sp³-hybridized carbons (Fsp3) is 0.706. The number of aromatic nitrogens is 2. The molecule has 1 aromatic heterocycles. The van der Waals surface area contributed by atoms with Crippen molar-refractivity contribution in [2.24, 2.45) is 11.3 Å². The Hall–Kier alpha value is -1.25. The van der Waals surface area contributed by atoms with Crippen molar-refractivity contribution >= 4 is 5.78 Å². The van der Waals surface area contributed by atoms with Crippen LogP contribution in [0.2, 0.25) is 0 Å². The molecule has 1 atom stereocenters. The van der Waals surface area contributed by atoms with E-state index in [1.807, 2.05) is 12.4 Å². The number of hydrogen-bond donors (Lipinski definition) is 0. The molecule has 0 aliphatic heterocycles. The molecule has 0 aromatic carbocycles. The second-order valence-electron chi connectivity index (χ2n) is 7.00. The van der Waals surface area contributed by atoms with Crippen molar-refractivity contribution in [3.05, 3.63) is 23.8 Å². The van der Waals surface area contributed by atoms with E-state index in [0.29, 0.717) is 29.0 Å². The largest absolute Gasteiger partial charge is 0.300 e. The number of ketones is 1. The van der Waals surface area contributed by atoms with Crippen LogP contribution in [0.15, 0.2) is 12.4 Å². The number of hydrogen-bond acceptors (Lipinski definition) is 3. The Labute approximate surface area is 121 Å². The lowest BCUT2D eigenvalue weighted by Gasteiger charge is -2.57. The van der Waals surface area contributed by atoms with E-state index >= 15 is 0 Å². The molecule has 2 aliphatic carbocycles. The van der Waals surface area contributed by atoms with Crippen molar-refractivity contribution in [3.63, 3.8) is 0 Å². The zero-order valence-electron chi connectivity index (χ0n) is 12.7. The minimum absolute atomic E-state index is 0.347. The van der Waals surface area contributed by atoms with Gasteiger partial charge in [0.1, 0.15) is 11.6 Å². The average molecular weight is 272 g/mol. The molecule has 1 heterocycles. The van der Waals surface area contributed by atoms with Crippen LogP contribution < -0.4 is 0 Å². The molecule has 3 nitrogen and oxygen atoms in total. The van der Waals surface area contributed by atoms with Crippen LogP contribution in [-0.2, 0) is 4.79 Å². The fourth-order valence-electron chi connectivity index (χ4n) is 3.82. The molecule has 3 rings (SSSR count). The van der Waals surface area contributed by atoms with Crippen molar-refractivity contribution < 1.29 is 4.79 Å². The van der Waals surface area contributed by atoms with Crippen LogP contribution >= 0.6 is 0 Å². The third-order valence-corrected chi connectivity index (χ3v) is 5.51. The minimum Gasteiger partial charge on any atom is -0.300 e. The van der Waals surface area contributed by atoms with Gasteiger partial charge in [-0.25, -0.2) is 9.97 Å². The van der Waals surface area contributed by atoms with Crippen LogP contribution in [0.25, 0.3) is 0 Å². The van der Waals surface area contributed by atoms with Gasteiger partial charge in [-0.2, -0.15) is 0 Å². The molecule has 0 amide bonds. The first-order valence-corrected chi connectivity index (χ1v) is 7.85. The molecule has 2 aliphatic rings. The third kappa shape index (κ3) is 2.27. The van der Waals surface area contributed by atoms with E-state index in [0.717, 1.165) is 25.1 Å². The highest BCUT2D eigenvalue weighted by Gasteiger charge is 2.54. The zero-order chi connectivity index (χ0) is 14.3. The fourth-order valence-corrected chi connectivity index (χ4v) is 3.82. The summed E-state index contributed by atoms with van der Waals surface area (Å²) in [6.07, 6.45) is 9.81. The molecule has 0 radical (unpaired) electrons. The summed E-state index contributed by atoms with van der Waals surface area (Å²) in [6, 6.07) is 0. The average Bonchev–Trinajstić information content (AvgIpc) is 2.35. The van der Waals surface area contributed by atoms with Crippen molar-refractivity contribution in [1.29, 1.82) is 0 Å². The molecule has 2 fully saturated rings. The molecule has 0 saturated heterocycles. The second kappa shape index (κ2) is 4.94. The van der Waals surface area contributed by atoms with Gasteiger partial charge < -0.3 is 0 Å². The Kier molecular flexibility index (Phi) is 3.39. The van der Waals surface area contributed by atoms with Gasteiger partial charge >= 0.3 is 0 Å². The maximum Gasteiger partial charge on any atom is 0.132 e. The van der Waals surface area contributed by atoms with Gasteiger partial charge in [-0.3, -0.25) is 4.79 Å². The van der Waals surface area contributed by atoms with Gasteiger partial charge in [-0.1, -0.05) is 13.8 Å². The summed E-state index contributed by atoms with van der Waals surface area (Å²) in [5, 5.41) is 0. The summed E-state index contributed by atoms with van der Waals surface area (Å²) in [4.78, 5) is 20.4. The molecule has 0 N–H and O–H groups in total. The van der Waals surface area contributed by atoms with E-state index in [1.165, 1.54) is 18.4 Å². The lowest BCUT2D eigenvalue weighted by atomic mass is 9.47. The highest BCUT2D eigenvalue weighted by molar-refractivity contribution is 5.79. The third-order valence-electron chi connectivity index (χ3n) is 5.51. The predicted octanol–water partition coefficient (Wildman–Crippen LogP) is 3.85. The van der Waals surface area contributed by atoms with E-state index in [-0.39, 0.29) is 0 Å². The normalized spacial score (nSPS) is 33.4. The van der Waals surface area contributed by atoms with Gasteiger partial charge in [-0.15, -0.1) is 0 Å². The first kappa shape index (κ1) is 13.7. The van der Waals surface area contributed by atoms with Crippen molar-refractivity contribution in [2.45, 2.75) is 64.7 Å². The molecule has 1 spiro atoms. The smallest absolute Gasteiger partial charge is 0.132 e. The summed E-state index contributed by atoms with van der Waals surface area (Å²) in [7, 11) is 0. The van der Waals surface area contributed by atoms with Crippen LogP contribution in [0, 0.1) is 11.3 Å². The molecule has 0 bridgehead atoms. The lowest BCUT2D eigenvalue weighted by molar-refractivity contribution is -0.133. The van der Waals surface area contributed by atoms with Crippen LogP contribution in [0.4, 0.5) is 0 Å². The quantitative estimate of drug-likeness (QED) is 0.836. The van der Waals surface area contributed by atoms with Gasteiger partial charge in [0.05, 0.1) is 0 Å². The first-order valence-electron chi connectivity index (χ1n) is 7.85. The summed E-state index contributed by atoms with van der Waals surface area (Å²) >= 11 is 0. The van der Waals surface area contributed by atoms with Gasteiger partial charge in [0.2, 0.25) is 0 Å². The maximum absolute atomic E-state index is 11.3. The van der Waals surface area contributed by atoms with Gasteiger partial charge in [0, 0.05) is 24.2 Å². The highest BCUT2D eigenvalue weighted by Crippen LogP contribution is 2.63. The van der Waals surface area contributed by atoms with Crippen molar-refractivity contribution in [1.82, 2.24) is 9.97 Å². The monoisotopic (exact) mass is 272 g/mol. The lowest BCUT2D eigenvalue weighted by Crippen LogP contribution is -2.48. The summed E-state index contributed by atoms with van der Waals surface area (Å²) < 4.78 is 0. The molecular formula is C17H24N2O. The van der Waals surface area contributed by atoms with Gasteiger partial charge in [0.15, 0.2) is 0 Å². The number of nitrogens with zero attached hydrogens (tertiary/aromatic N) is 2. The van der Waals surface area contributed by atoms with Crippen LogP contribution in [0.3, 0.4) is 0 Å². The predicted molar refractivity (Wildman–Crippen MR) is 78.6 cm³/mol. The van der Waals surface area contributed by atoms with E-state index in [4.69, 9.17) is 0 Å². The van der Waals surface area contributed by atoms with E-state index in [1.54, 1.807) is 6.92 Å². The Bertz CT molecular complexity index is 494. The molecule has 108 valence electrons. The van der Waals surface area contributed by atoms with E-state index in [2.05, 4.69) is 23.8 Å². The van der Waals surface area contributed by atoms with Gasteiger partial charge in [0.25, 0.3) is 0 Å². The molecule has 20 heavy (non-hydrogen) atoms. The Morgan fingerprint density at radius 3 is 2.40 bits per heavy atom. The molecule has 1 aromatic rings. The summed E-state index contributed by atoms with van der Waals surface area (Å²) in [5.41, 5.74) is 1.77. The highest BCUT2D eigenvalue weighted by atomic mass is 16.1. The SMILES string of the molecule is CCC(C)c1ncc(C2CC3(CC(C(C)=O)C3)C2)cn1. The Balaban J connectivity index is 1.57. The molecule has 2 saturated carbocycles. The topological polar surface area (TPSA) is 42.9 Å². The Morgan fingerprint density at radius 1 is 1.30 bits per heavy atom. The van der Waals surface area contributed by atoms with E-state index < -0.39 is 0 Å². The zero-order valence-corrected chi connectivity index (χ0v) is 12.7.